The topological polar surface area (TPSA) is 51.1 Å². The highest BCUT2D eigenvalue weighted by atomic mass is 32.2. The third-order valence-corrected chi connectivity index (χ3v) is 3.91. The summed E-state index contributed by atoms with van der Waals surface area (Å²) >= 11 is 1.55. The van der Waals surface area contributed by atoms with Crippen LogP contribution in [0, 0.1) is 0 Å². The first-order valence-electron chi connectivity index (χ1n) is 6.30. The molecular formula is C14H14N2O3S. The van der Waals surface area contributed by atoms with Crippen LogP contribution in [0.25, 0.3) is 6.08 Å². The van der Waals surface area contributed by atoms with Gasteiger partial charge in [0.15, 0.2) is 16.7 Å². The third-order valence-electron chi connectivity index (χ3n) is 3.00. The van der Waals surface area contributed by atoms with Gasteiger partial charge in [0.1, 0.15) is 5.70 Å². The van der Waals surface area contributed by atoms with Gasteiger partial charge in [-0.25, -0.2) is 4.99 Å². The number of likely N-dealkylation sites (N-methyl/N-ethyl adjacent to an activating group) is 1. The van der Waals surface area contributed by atoms with Gasteiger partial charge in [0.25, 0.3) is 5.91 Å². The van der Waals surface area contributed by atoms with Crippen molar-refractivity contribution >= 4 is 28.9 Å². The number of benzene rings is 1. The molecule has 20 heavy (non-hydrogen) atoms. The number of hydrogen-bond acceptors (Lipinski definition) is 5. The molecule has 0 N–H and O–H groups in total. The summed E-state index contributed by atoms with van der Waals surface area (Å²) in [7, 11) is 1.74. The van der Waals surface area contributed by atoms with E-state index in [4.69, 9.17) is 9.47 Å². The number of ether oxygens (including phenoxy) is 2. The Hall–Kier alpha value is -1.95. The van der Waals surface area contributed by atoms with Crippen molar-refractivity contribution in [2.75, 3.05) is 19.6 Å². The quantitative estimate of drug-likeness (QED) is 0.784. The lowest BCUT2D eigenvalue weighted by atomic mass is 10.1. The summed E-state index contributed by atoms with van der Waals surface area (Å²) in [5.41, 5.74) is 1.32. The van der Waals surface area contributed by atoms with Crippen LogP contribution in [0.5, 0.6) is 11.5 Å². The maximum absolute atomic E-state index is 12.1. The van der Waals surface area contributed by atoms with E-state index in [0.29, 0.717) is 11.4 Å². The fourth-order valence-corrected chi connectivity index (χ4v) is 2.70. The van der Waals surface area contributed by atoms with Crippen molar-refractivity contribution in [3.63, 3.8) is 0 Å². The molecule has 0 bridgehead atoms. The van der Waals surface area contributed by atoms with Crippen molar-refractivity contribution < 1.29 is 14.3 Å². The zero-order valence-electron chi connectivity index (χ0n) is 11.3. The molecule has 1 aromatic rings. The minimum atomic E-state index is -0.0846. The highest BCUT2D eigenvalue weighted by Crippen LogP contribution is 2.33. The maximum atomic E-state index is 12.1. The molecule has 6 heteroatoms. The zero-order valence-corrected chi connectivity index (χ0v) is 12.1. The normalized spacial score (nSPS) is 18.9. The Morgan fingerprint density at radius 2 is 2.20 bits per heavy atom. The van der Waals surface area contributed by atoms with Crippen LogP contribution >= 0.6 is 11.8 Å². The molecule has 0 radical (unpaired) electrons. The monoisotopic (exact) mass is 290 g/mol. The van der Waals surface area contributed by atoms with Gasteiger partial charge in [0.2, 0.25) is 6.79 Å². The number of fused-ring (bicyclic) bond motifs is 1. The van der Waals surface area contributed by atoms with E-state index in [0.717, 1.165) is 22.2 Å². The van der Waals surface area contributed by atoms with Crippen LogP contribution in [0.15, 0.2) is 28.9 Å². The summed E-state index contributed by atoms with van der Waals surface area (Å²) < 4.78 is 10.6. The Morgan fingerprint density at radius 3 is 3.00 bits per heavy atom. The highest BCUT2D eigenvalue weighted by molar-refractivity contribution is 8.13. The Kier molecular flexibility index (Phi) is 3.40. The minimum Gasteiger partial charge on any atom is -0.454 e. The van der Waals surface area contributed by atoms with Gasteiger partial charge in [-0.05, 0) is 29.5 Å². The number of amides is 1. The van der Waals surface area contributed by atoms with E-state index in [-0.39, 0.29) is 12.7 Å². The summed E-state index contributed by atoms with van der Waals surface area (Å²) in [5.74, 6) is 2.23. The molecule has 2 aliphatic heterocycles. The largest absolute Gasteiger partial charge is 0.454 e. The van der Waals surface area contributed by atoms with E-state index in [2.05, 4.69) is 4.99 Å². The van der Waals surface area contributed by atoms with Gasteiger partial charge < -0.3 is 9.47 Å². The van der Waals surface area contributed by atoms with Gasteiger partial charge in [0.05, 0.1) is 0 Å². The molecule has 0 atom stereocenters. The lowest BCUT2D eigenvalue weighted by Gasteiger charge is -2.08. The molecular weight excluding hydrogens is 276 g/mol. The Morgan fingerprint density at radius 1 is 1.40 bits per heavy atom. The van der Waals surface area contributed by atoms with Crippen molar-refractivity contribution in [3.8, 4) is 11.5 Å². The minimum absolute atomic E-state index is 0.0846. The predicted octanol–water partition coefficient (Wildman–Crippen LogP) is 2.34. The first kappa shape index (κ1) is 13.1. The molecule has 2 aliphatic rings. The fourth-order valence-electron chi connectivity index (χ4n) is 2.00. The second-order valence-electron chi connectivity index (χ2n) is 4.33. The Labute approximate surface area is 121 Å². The van der Waals surface area contributed by atoms with Gasteiger partial charge in [0, 0.05) is 7.05 Å². The van der Waals surface area contributed by atoms with Crippen LogP contribution in [0.4, 0.5) is 0 Å². The van der Waals surface area contributed by atoms with Crippen molar-refractivity contribution in [3.05, 3.63) is 29.5 Å². The van der Waals surface area contributed by atoms with Gasteiger partial charge in [-0.15, -0.1) is 0 Å². The number of thioether (sulfide) groups is 1. The molecule has 2 heterocycles. The SMILES string of the molecule is CCSC1=NC(=Cc2ccc3c(c2)OCO3)C(=O)N1C. The van der Waals surface area contributed by atoms with Gasteiger partial charge in [-0.2, -0.15) is 0 Å². The van der Waals surface area contributed by atoms with E-state index in [9.17, 15) is 4.79 Å². The molecule has 0 fully saturated rings. The number of rotatable bonds is 2. The zero-order chi connectivity index (χ0) is 14.1. The third kappa shape index (κ3) is 2.27. The molecule has 0 saturated carbocycles. The number of carbonyl (C=O) groups is 1. The average molecular weight is 290 g/mol. The first-order chi connectivity index (χ1) is 9.69. The van der Waals surface area contributed by atoms with E-state index < -0.39 is 0 Å². The number of carbonyl (C=O) groups excluding carboxylic acids is 1. The molecule has 104 valence electrons. The van der Waals surface area contributed by atoms with E-state index >= 15 is 0 Å². The average Bonchev–Trinajstić information content (AvgIpc) is 3.00. The number of aliphatic imine (C=N–C) groups is 1. The number of nitrogens with zero attached hydrogens (tertiary/aromatic N) is 2. The molecule has 0 spiro atoms. The molecule has 0 aliphatic carbocycles. The van der Waals surface area contributed by atoms with Gasteiger partial charge in [-0.1, -0.05) is 24.8 Å². The maximum Gasteiger partial charge on any atom is 0.278 e. The van der Waals surface area contributed by atoms with Crippen molar-refractivity contribution in [2.45, 2.75) is 6.92 Å². The summed E-state index contributed by atoms with van der Waals surface area (Å²) in [5, 5.41) is 0.740. The number of hydrogen-bond donors (Lipinski definition) is 0. The lowest BCUT2D eigenvalue weighted by Crippen LogP contribution is -2.25. The standard InChI is InChI=1S/C14H14N2O3S/c1-3-20-14-15-10(13(17)16(14)2)6-9-4-5-11-12(7-9)19-8-18-11/h4-7H,3,8H2,1-2H3. The molecule has 0 unspecified atom stereocenters. The summed E-state index contributed by atoms with van der Waals surface area (Å²) in [6.45, 7) is 2.28. The fraction of sp³-hybridized carbons (Fsp3) is 0.286. The number of amidine groups is 1. The molecule has 1 aromatic carbocycles. The van der Waals surface area contributed by atoms with Crippen molar-refractivity contribution in [1.82, 2.24) is 4.90 Å². The van der Waals surface area contributed by atoms with Crippen LogP contribution in [0.1, 0.15) is 12.5 Å². The second-order valence-corrected chi connectivity index (χ2v) is 5.57. The van der Waals surface area contributed by atoms with Crippen molar-refractivity contribution in [2.24, 2.45) is 4.99 Å². The van der Waals surface area contributed by atoms with Crippen LogP contribution in [0.2, 0.25) is 0 Å². The molecule has 1 amide bonds. The van der Waals surface area contributed by atoms with E-state index in [1.807, 2.05) is 25.1 Å². The molecule has 0 aromatic heterocycles. The van der Waals surface area contributed by atoms with Crippen LogP contribution in [0.3, 0.4) is 0 Å². The van der Waals surface area contributed by atoms with Crippen LogP contribution in [-0.2, 0) is 4.79 Å². The second kappa shape index (κ2) is 5.20. The molecule has 0 saturated heterocycles. The predicted molar refractivity (Wildman–Crippen MR) is 78.9 cm³/mol. The Bertz CT molecular complexity index is 625. The smallest absolute Gasteiger partial charge is 0.278 e. The molecule has 3 rings (SSSR count). The van der Waals surface area contributed by atoms with Gasteiger partial charge in [-0.3, -0.25) is 9.69 Å². The van der Waals surface area contributed by atoms with Crippen LogP contribution in [-0.4, -0.2) is 35.6 Å². The highest BCUT2D eigenvalue weighted by Gasteiger charge is 2.26. The van der Waals surface area contributed by atoms with E-state index in [1.54, 1.807) is 29.8 Å². The summed E-state index contributed by atoms with van der Waals surface area (Å²) in [6.07, 6.45) is 1.77. The molecule has 5 nitrogen and oxygen atoms in total. The van der Waals surface area contributed by atoms with Crippen molar-refractivity contribution in [1.29, 1.82) is 0 Å². The summed E-state index contributed by atoms with van der Waals surface area (Å²) in [6, 6.07) is 5.57. The Balaban J connectivity index is 1.90. The van der Waals surface area contributed by atoms with Crippen LogP contribution < -0.4 is 9.47 Å². The van der Waals surface area contributed by atoms with E-state index in [1.165, 1.54) is 0 Å². The first-order valence-corrected chi connectivity index (χ1v) is 7.28. The summed E-state index contributed by atoms with van der Waals surface area (Å²) in [4.78, 5) is 18.1. The lowest BCUT2D eigenvalue weighted by molar-refractivity contribution is -0.121. The van der Waals surface area contributed by atoms with Gasteiger partial charge >= 0.3 is 0 Å².